The molecule has 0 heterocycles. The molecule has 2 nitrogen and oxygen atoms in total. The number of ether oxygens (including phenoxy) is 2. The van der Waals surface area contributed by atoms with Crippen LogP contribution in [-0.4, -0.2) is 14.2 Å². The quantitative estimate of drug-likeness (QED) is 0.606. The first-order valence-corrected chi connectivity index (χ1v) is 8.37. The maximum atomic E-state index is 5.54. The predicted molar refractivity (Wildman–Crippen MR) is 93.8 cm³/mol. The van der Waals surface area contributed by atoms with Crippen LogP contribution >= 0.6 is 31.9 Å². The van der Waals surface area contributed by atoms with E-state index in [2.05, 4.69) is 63.0 Å². The smallest absolute Gasteiger partial charge is 0.141 e. The van der Waals surface area contributed by atoms with E-state index in [1.807, 2.05) is 12.1 Å². The van der Waals surface area contributed by atoms with E-state index in [4.69, 9.17) is 9.47 Å². The Bertz CT molecular complexity index is 609. The molecule has 0 aromatic heterocycles. The molecule has 0 amide bonds. The van der Waals surface area contributed by atoms with E-state index in [-0.39, 0.29) is 4.83 Å². The molecule has 0 saturated carbocycles. The Hall–Kier alpha value is -1.00. The van der Waals surface area contributed by atoms with Crippen molar-refractivity contribution in [3.8, 4) is 11.5 Å². The lowest BCUT2D eigenvalue weighted by Gasteiger charge is -2.17. The summed E-state index contributed by atoms with van der Waals surface area (Å²) in [7, 11) is 3.33. The highest BCUT2D eigenvalue weighted by Crippen LogP contribution is 2.42. The monoisotopic (exact) mass is 412 g/mol. The summed E-state index contributed by atoms with van der Waals surface area (Å²) in [4.78, 5) is 0.178. The summed E-state index contributed by atoms with van der Waals surface area (Å²) in [5.41, 5.74) is 3.66. The summed E-state index contributed by atoms with van der Waals surface area (Å²) in [6.07, 6.45) is 0.898. The topological polar surface area (TPSA) is 18.5 Å². The molecular formula is C17H18Br2O2. The molecule has 2 aromatic rings. The second-order valence-electron chi connectivity index (χ2n) is 4.86. The zero-order valence-electron chi connectivity index (χ0n) is 12.3. The van der Waals surface area contributed by atoms with Gasteiger partial charge in [0, 0.05) is 10.4 Å². The normalized spacial score (nSPS) is 12.0. The second kappa shape index (κ2) is 7.32. The lowest BCUT2D eigenvalue weighted by Crippen LogP contribution is -2.01. The molecule has 0 aliphatic heterocycles. The van der Waals surface area contributed by atoms with Crippen LogP contribution in [0.25, 0.3) is 0 Å². The highest BCUT2D eigenvalue weighted by Gasteiger charge is 2.18. The second-order valence-corrected chi connectivity index (χ2v) is 6.76. The number of aryl methyl sites for hydroxylation is 1. The van der Waals surface area contributed by atoms with Gasteiger partial charge >= 0.3 is 0 Å². The highest BCUT2D eigenvalue weighted by atomic mass is 79.9. The van der Waals surface area contributed by atoms with Gasteiger partial charge in [-0.15, -0.1) is 0 Å². The van der Waals surface area contributed by atoms with Gasteiger partial charge in [-0.25, -0.2) is 0 Å². The van der Waals surface area contributed by atoms with Crippen LogP contribution in [0, 0.1) is 6.92 Å². The zero-order chi connectivity index (χ0) is 15.4. The van der Waals surface area contributed by atoms with Crippen LogP contribution in [0.2, 0.25) is 0 Å². The Morgan fingerprint density at radius 3 is 2.24 bits per heavy atom. The van der Waals surface area contributed by atoms with Crippen molar-refractivity contribution in [1.29, 1.82) is 0 Å². The first kappa shape index (κ1) is 16.4. The standard InChI is InChI=1S/C17H18Br2O2/c1-11-4-6-12(7-5-11)10-14(18)13-8-9-15(20-2)16(19)17(13)21-3/h4-9,14H,10H2,1-3H3. The molecule has 0 aliphatic carbocycles. The number of rotatable bonds is 5. The predicted octanol–water partition coefficient (Wildman–Crippen LogP) is 5.45. The largest absolute Gasteiger partial charge is 0.495 e. The van der Waals surface area contributed by atoms with Gasteiger partial charge in [0.2, 0.25) is 0 Å². The van der Waals surface area contributed by atoms with Crippen LogP contribution in [0.3, 0.4) is 0 Å². The third-order valence-corrected chi connectivity index (χ3v) is 4.96. The SMILES string of the molecule is COc1ccc(C(Br)Cc2ccc(C)cc2)c(OC)c1Br. The molecule has 1 atom stereocenters. The van der Waals surface area contributed by atoms with Gasteiger partial charge in [0.25, 0.3) is 0 Å². The number of halogens is 2. The van der Waals surface area contributed by atoms with Crippen LogP contribution in [0.4, 0.5) is 0 Å². The third kappa shape index (κ3) is 3.80. The van der Waals surface area contributed by atoms with Gasteiger partial charge in [-0.1, -0.05) is 51.8 Å². The molecule has 0 radical (unpaired) electrons. The maximum Gasteiger partial charge on any atom is 0.141 e. The molecule has 0 saturated heterocycles. The molecule has 0 bridgehead atoms. The Morgan fingerprint density at radius 1 is 1.00 bits per heavy atom. The van der Waals surface area contributed by atoms with Crippen LogP contribution < -0.4 is 9.47 Å². The molecule has 0 spiro atoms. The lowest BCUT2D eigenvalue weighted by atomic mass is 10.0. The van der Waals surface area contributed by atoms with Crippen molar-refractivity contribution >= 4 is 31.9 Å². The number of hydrogen-bond acceptors (Lipinski definition) is 2. The Morgan fingerprint density at radius 2 is 1.67 bits per heavy atom. The van der Waals surface area contributed by atoms with Crippen LogP contribution in [-0.2, 0) is 6.42 Å². The van der Waals surface area contributed by atoms with E-state index in [0.717, 1.165) is 28.0 Å². The molecule has 0 fully saturated rings. The average molecular weight is 414 g/mol. The molecule has 112 valence electrons. The minimum atomic E-state index is 0.178. The van der Waals surface area contributed by atoms with E-state index in [1.165, 1.54) is 11.1 Å². The van der Waals surface area contributed by atoms with Crippen molar-refractivity contribution in [3.63, 3.8) is 0 Å². The Kier molecular flexibility index (Phi) is 5.71. The number of alkyl halides is 1. The minimum absolute atomic E-state index is 0.178. The molecule has 21 heavy (non-hydrogen) atoms. The van der Waals surface area contributed by atoms with Crippen molar-refractivity contribution in [1.82, 2.24) is 0 Å². The first-order valence-electron chi connectivity index (χ1n) is 6.66. The molecule has 2 rings (SSSR count). The highest BCUT2D eigenvalue weighted by molar-refractivity contribution is 9.10. The summed E-state index contributed by atoms with van der Waals surface area (Å²) >= 11 is 7.32. The van der Waals surface area contributed by atoms with Crippen molar-refractivity contribution < 1.29 is 9.47 Å². The van der Waals surface area contributed by atoms with Gasteiger partial charge in [0.05, 0.1) is 14.2 Å². The third-order valence-electron chi connectivity index (χ3n) is 3.39. The maximum absolute atomic E-state index is 5.54. The summed E-state index contributed by atoms with van der Waals surface area (Å²) in [5.74, 6) is 1.58. The fourth-order valence-electron chi connectivity index (χ4n) is 2.21. The van der Waals surface area contributed by atoms with Gasteiger partial charge in [-0.05, 0) is 40.9 Å². The van der Waals surface area contributed by atoms with Gasteiger partial charge < -0.3 is 9.47 Å². The van der Waals surface area contributed by atoms with E-state index in [0.29, 0.717) is 0 Å². The number of hydrogen-bond donors (Lipinski definition) is 0. The van der Waals surface area contributed by atoms with Gasteiger partial charge in [-0.2, -0.15) is 0 Å². The number of methoxy groups -OCH3 is 2. The molecule has 0 N–H and O–H groups in total. The van der Waals surface area contributed by atoms with Gasteiger partial charge in [-0.3, -0.25) is 0 Å². The molecule has 1 unspecified atom stereocenters. The van der Waals surface area contributed by atoms with E-state index in [9.17, 15) is 0 Å². The van der Waals surface area contributed by atoms with Crippen LogP contribution in [0.15, 0.2) is 40.9 Å². The summed E-state index contributed by atoms with van der Waals surface area (Å²) in [6, 6.07) is 12.6. The molecule has 4 heteroatoms. The molecular weight excluding hydrogens is 396 g/mol. The van der Waals surface area contributed by atoms with Crippen molar-refractivity contribution in [2.24, 2.45) is 0 Å². The van der Waals surface area contributed by atoms with Gasteiger partial charge in [0.1, 0.15) is 16.0 Å². The summed E-state index contributed by atoms with van der Waals surface area (Å²) < 4.78 is 11.7. The Balaban J connectivity index is 2.28. The van der Waals surface area contributed by atoms with E-state index >= 15 is 0 Å². The minimum Gasteiger partial charge on any atom is -0.495 e. The fraction of sp³-hybridized carbons (Fsp3) is 0.294. The van der Waals surface area contributed by atoms with Gasteiger partial charge in [0.15, 0.2) is 0 Å². The zero-order valence-corrected chi connectivity index (χ0v) is 15.5. The number of benzene rings is 2. The molecule has 2 aromatic carbocycles. The Labute approximate surface area is 142 Å². The van der Waals surface area contributed by atoms with E-state index < -0.39 is 0 Å². The first-order chi connectivity index (χ1) is 10.1. The average Bonchev–Trinajstić information content (AvgIpc) is 2.49. The van der Waals surface area contributed by atoms with Crippen LogP contribution in [0.1, 0.15) is 21.5 Å². The van der Waals surface area contributed by atoms with Crippen molar-refractivity contribution in [2.45, 2.75) is 18.2 Å². The molecule has 0 aliphatic rings. The van der Waals surface area contributed by atoms with Crippen molar-refractivity contribution in [3.05, 3.63) is 57.6 Å². The van der Waals surface area contributed by atoms with E-state index in [1.54, 1.807) is 14.2 Å². The summed E-state index contributed by atoms with van der Waals surface area (Å²) in [6.45, 7) is 2.10. The summed E-state index contributed by atoms with van der Waals surface area (Å²) in [5, 5.41) is 0. The fourth-order valence-corrected chi connectivity index (χ4v) is 3.62. The van der Waals surface area contributed by atoms with Crippen LogP contribution in [0.5, 0.6) is 11.5 Å². The van der Waals surface area contributed by atoms with Crippen molar-refractivity contribution in [2.75, 3.05) is 14.2 Å². The lowest BCUT2D eigenvalue weighted by molar-refractivity contribution is 0.386.